The molecule has 0 saturated carbocycles. The van der Waals surface area contributed by atoms with Crippen molar-refractivity contribution in [1.29, 1.82) is 0 Å². The Bertz CT molecular complexity index is 572. The van der Waals surface area contributed by atoms with Crippen molar-refractivity contribution in [3.63, 3.8) is 0 Å². The molecule has 0 aliphatic carbocycles. The Kier molecular flexibility index (Phi) is 7.06. The number of rotatable bonds is 6. The number of carbonyl (C=O) groups is 2. The molecule has 0 aromatic heterocycles. The summed E-state index contributed by atoms with van der Waals surface area (Å²) in [6, 6.07) is -0.630. The van der Waals surface area contributed by atoms with Crippen LogP contribution < -0.4 is 5.32 Å². The predicted octanol–water partition coefficient (Wildman–Crippen LogP) is 0.928. The highest BCUT2D eigenvalue weighted by Crippen LogP contribution is 2.23. The maximum absolute atomic E-state index is 12.6. The van der Waals surface area contributed by atoms with Gasteiger partial charge in [-0.2, -0.15) is 4.31 Å². The topological polar surface area (TPSA) is 96.0 Å². The van der Waals surface area contributed by atoms with Gasteiger partial charge in [0.1, 0.15) is 6.04 Å². The van der Waals surface area contributed by atoms with E-state index in [1.807, 2.05) is 6.92 Å². The summed E-state index contributed by atoms with van der Waals surface area (Å²) >= 11 is 0. The van der Waals surface area contributed by atoms with E-state index in [4.69, 9.17) is 4.74 Å². The van der Waals surface area contributed by atoms with Crippen LogP contribution >= 0.6 is 0 Å². The lowest BCUT2D eigenvalue weighted by Gasteiger charge is -2.33. The van der Waals surface area contributed by atoms with Gasteiger partial charge in [-0.3, -0.25) is 4.79 Å². The lowest BCUT2D eigenvalue weighted by molar-refractivity contribution is -0.125. The molecule has 2 heterocycles. The molecule has 1 N–H and O–H groups in total. The summed E-state index contributed by atoms with van der Waals surface area (Å²) in [7, 11) is -3.37. The highest BCUT2D eigenvalue weighted by molar-refractivity contribution is 7.89. The molecule has 1 unspecified atom stereocenters. The van der Waals surface area contributed by atoms with E-state index in [0.29, 0.717) is 58.3 Å². The summed E-state index contributed by atoms with van der Waals surface area (Å²) in [4.78, 5) is 25.9. The zero-order chi connectivity index (χ0) is 18.4. The van der Waals surface area contributed by atoms with E-state index in [1.54, 1.807) is 11.8 Å². The van der Waals surface area contributed by atoms with Crippen molar-refractivity contribution in [3.05, 3.63) is 0 Å². The molecule has 2 amide bonds. The van der Waals surface area contributed by atoms with Crippen LogP contribution in [0.15, 0.2) is 0 Å². The SMILES string of the molecule is CCCS(=O)(=O)N1CCCC1C(=O)NC1CCN(C(=O)OCC)CC1. The van der Waals surface area contributed by atoms with Gasteiger partial charge in [0.25, 0.3) is 0 Å². The number of hydrogen-bond donors (Lipinski definition) is 1. The highest BCUT2D eigenvalue weighted by Gasteiger charge is 2.39. The van der Waals surface area contributed by atoms with E-state index in [1.165, 1.54) is 4.31 Å². The Balaban J connectivity index is 1.87. The van der Waals surface area contributed by atoms with Crippen LogP contribution in [0, 0.1) is 0 Å². The van der Waals surface area contributed by atoms with Crippen molar-refractivity contribution < 1.29 is 22.7 Å². The van der Waals surface area contributed by atoms with Crippen molar-refractivity contribution in [3.8, 4) is 0 Å². The second kappa shape index (κ2) is 8.84. The van der Waals surface area contributed by atoms with Gasteiger partial charge < -0.3 is 15.0 Å². The summed E-state index contributed by atoms with van der Waals surface area (Å²) in [6.07, 6.45) is 2.80. The van der Waals surface area contributed by atoms with Crippen molar-refractivity contribution in [2.75, 3.05) is 32.0 Å². The van der Waals surface area contributed by atoms with Crippen molar-refractivity contribution in [2.24, 2.45) is 0 Å². The number of nitrogens with zero attached hydrogens (tertiary/aromatic N) is 2. The van der Waals surface area contributed by atoms with E-state index in [9.17, 15) is 18.0 Å². The molecule has 8 nitrogen and oxygen atoms in total. The van der Waals surface area contributed by atoms with Crippen LogP contribution in [0.25, 0.3) is 0 Å². The summed E-state index contributed by atoms with van der Waals surface area (Å²) < 4.78 is 31.0. The minimum Gasteiger partial charge on any atom is -0.450 e. The zero-order valence-electron chi connectivity index (χ0n) is 15.1. The molecule has 0 aromatic rings. The quantitative estimate of drug-likeness (QED) is 0.745. The van der Waals surface area contributed by atoms with E-state index in [0.717, 1.165) is 0 Å². The third kappa shape index (κ3) is 5.07. The van der Waals surface area contributed by atoms with Gasteiger partial charge in [-0.05, 0) is 39.0 Å². The Labute approximate surface area is 149 Å². The summed E-state index contributed by atoms with van der Waals surface area (Å²) in [5, 5.41) is 2.97. The Morgan fingerprint density at radius 1 is 1.12 bits per heavy atom. The van der Waals surface area contributed by atoms with Crippen LogP contribution in [-0.4, -0.2) is 73.7 Å². The minimum atomic E-state index is -3.37. The second-order valence-corrected chi connectivity index (χ2v) is 8.59. The summed E-state index contributed by atoms with van der Waals surface area (Å²) in [5.41, 5.74) is 0. The number of nitrogens with one attached hydrogen (secondary N) is 1. The van der Waals surface area contributed by atoms with Crippen LogP contribution in [0.4, 0.5) is 4.79 Å². The molecule has 0 spiro atoms. The maximum Gasteiger partial charge on any atom is 0.409 e. The van der Waals surface area contributed by atoms with Gasteiger partial charge >= 0.3 is 6.09 Å². The number of ether oxygens (including phenoxy) is 1. The van der Waals surface area contributed by atoms with Gasteiger partial charge in [-0.15, -0.1) is 0 Å². The number of sulfonamides is 1. The molecule has 9 heteroatoms. The first-order valence-corrected chi connectivity index (χ1v) is 10.7. The molecular weight excluding hydrogens is 346 g/mol. The first kappa shape index (κ1) is 20.0. The minimum absolute atomic E-state index is 0.0329. The first-order chi connectivity index (χ1) is 11.9. The number of likely N-dealkylation sites (tertiary alicyclic amines) is 1. The standard InChI is InChI=1S/C16H29N3O5S/c1-3-12-25(22,23)19-9-5-6-14(19)15(20)17-13-7-10-18(11-8-13)16(21)24-4-2/h13-14H,3-12H2,1-2H3,(H,17,20). The molecule has 0 bridgehead atoms. The summed E-state index contributed by atoms with van der Waals surface area (Å²) in [5.74, 6) is -0.138. The molecular formula is C16H29N3O5S. The van der Waals surface area contributed by atoms with E-state index in [-0.39, 0.29) is 23.8 Å². The van der Waals surface area contributed by atoms with Crippen molar-refractivity contribution in [1.82, 2.24) is 14.5 Å². The van der Waals surface area contributed by atoms with Crippen molar-refractivity contribution >= 4 is 22.0 Å². The molecule has 0 aromatic carbocycles. The van der Waals surface area contributed by atoms with E-state index < -0.39 is 16.1 Å². The number of piperidine rings is 1. The van der Waals surface area contributed by atoms with Gasteiger partial charge in [-0.25, -0.2) is 13.2 Å². The van der Waals surface area contributed by atoms with Gasteiger partial charge in [0.05, 0.1) is 12.4 Å². The zero-order valence-corrected chi connectivity index (χ0v) is 15.9. The molecule has 2 fully saturated rings. The van der Waals surface area contributed by atoms with E-state index in [2.05, 4.69) is 5.32 Å². The average molecular weight is 375 g/mol. The molecule has 2 rings (SSSR count). The molecule has 2 aliphatic heterocycles. The molecule has 144 valence electrons. The van der Waals surface area contributed by atoms with Gasteiger partial charge in [0, 0.05) is 25.7 Å². The monoisotopic (exact) mass is 375 g/mol. The smallest absolute Gasteiger partial charge is 0.409 e. The number of carbonyl (C=O) groups excluding carboxylic acids is 2. The fourth-order valence-electron chi connectivity index (χ4n) is 3.43. The Hall–Kier alpha value is -1.35. The lowest BCUT2D eigenvalue weighted by Crippen LogP contribution is -2.52. The fourth-order valence-corrected chi connectivity index (χ4v) is 5.18. The third-order valence-corrected chi connectivity index (χ3v) is 6.77. The second-order valence-electron chi connectivity index (χ2n) is 6.55. The van der Waals surface area contributed by atoms with Gasteiger partial charge in [0.2, 0.25) is 15.9 Å². The molecule has 0 radical (unpaired) electrons. The van der Waals surface area contributed by atoms with Crippen LogP contribution in [0.1, 0.15) is 46.0 Å². The highest BCUT2D eigenvalue weighted by atomic mass is 32.2. The lowest BCUT2D eigenvalue weighted by atomic mass is 10.0. The third-order valence-electron chi connectivity index (χ3n) is 4.69. The molecule has 1 atom stereocenters. The first-order valence-electron chi connectivity index (χ1n) is 9.10. The largest absolute Gasteiger partial charge is 0.450 e. The fraction of sp³-hybridized carbons (Fsp3) is 0.875. The van der Waals surface area contributed by atoms with Crippen LogP contribution in [-0.2, 0) is 19.6 Å². The van der Waals surface area contributed by atoms with E-state index >= 15 is 0 Å². The van der Waals surface area contributed by atoms with Crippen molar-refractivity contribution in [2.45, 2.75) is 58.0 Å². The Morgan fingerprint density at radius 3 is 2.40 bits per heavy atom. The van der Waals surface area contributed by atoms with Crippen LogP contribution in [0.3, 0.4) is 0 Å². The Morgan fingerprint density at radius 2 is 1.80 bits per heavy atom. The van der Waals surface area contributed by atoms with Gasteiger partial charge in [-0.1, -0.05) is 6.92 Å². The maximum atomic E-state index is 12.6. The van der Waals surface area contributed by atoms with Crippen LogP contribution in [0.5, 0.6) is 0 Å². The average Bonchev–Trinajstić information content (AvgIpc) is 3.06. The van der Waals surface area contributed by atoms with Crippen LogP contribution in [0.2, 0.25) is 0 Å². The number of amides is 2. The predicted molar refractivity (Wildman–Crippen MR) is 93.6 cm³/mol. The molecule has 2 saturated heterocycles. The van der Waals surface area contributed by atoms with Gasteiger partial charge in [0.15, 0.2) is 0 Å². The molecule has 2 aliphatic rings. The normalized spacial score (nSPS) is 22.8. The summed E-state index contributed by atoms with van der Waals surface area (Å²) in [6.45, 7) is 5.42. The number of hydrogen-bond acceptors (Lipinski definition) is 5. The molecule has 25 heavy (non-hydrogen) atoms.